The fourth-order valence-corrected chi connectivity index (χ4v) is 2.30. The summed E-state index contributed by atoms with van der Waals surface area (Å²) in [7, 11) is 0. The molecule has 0 saturated carbocycles. The topological polar surface area (TPSA) is 78.4 Å². The Kier molecular flexibility index (Phi) is 4.54. The predicted octanol–water partition coefficient (Wildman–Crippen LogP) is 0.580. The molecule has 20 heavy (non-hydrogen) atoms. The zero-order valence-electron chi connectivity index (χ0n) is 12.0. The Morgan fingerprint density at radius 1 is 1.50 bits per heavy atom. The van der Waals surface area contributed by atoms with Crippen molar-refractivity contribution in [3.8, 4) is 0 Å². The van der Waals surface area contributed by atoms with Gasteiger partial charge < -0.3 is 15.3 Å². The van der Waals surface area contributed by atoms with Crippen molar-refractivity contribution in [2.24, 2.45) is 5.92 Å². The summed E-state index contributed by atoms with van der Waals surface area (Å²) in [4.78, 5) is 22.8. The summed E-state index contributed by atoms with van der Waals surface area (Å²) in [6.45, 7) is 5.04. The first kappa shape index (κ1) is 14.7. The van der Waals surface area contributed by atoms with Crippen LogP contribution in [-0.4, -0.2) is 46.2 Å². The van der Waals surface area contributed by atoms with E-state index in [2.05, 4.69) is 15.3 Å². The number of hydrogen-bond donors (Lipinski definition) is 2. The fourth-order valence-electron chi connectivity index (χ4n) is 2.30. The molecule has 6 heteroatoms. The molecule has 1 amide bonds. The Balaban J connectivity index is 1.98. The third-order valence-electron chi connectivity index (χ3n) is 3.48. The Bertz CT molecular complexity index is 450. The average Bonchev–Trinajstić information content (AvgIpc) is 2.48. The third kappa shape index (κ3) is 3.66. The lowest BCUT2D eigenvalue weighted by atomic mass is 9.95. The Morgan fingerprint density at radius 3 is 2.85 bits per heavy atom. The Labute approximate surface area is 119 Å². The largest absolute Gasteiger partial charge is 0.394 e. The number of rotatable bonds is 4. The maximum Gasteiger partial charge on any atom is 0.225 e. The molecule has 1 aliphatic heterocycles. The molecular formula is C14H22N4O2. The van der Waals surface area contributed by atoms with Crippen LogP contribution < -0.4 is 10.2 Å². The van der Waals surface area contributed by atoms with Gasteiger partial charge in [0.1, 0.15) is 0 Å². The van der Waals surface area contributed by atoms with Crippen LogP contribution in [-0.2, 0) is 4.79 Å². The third-order valence-corrected chi connectivity index (χ3v) is 3.48. The van der Waals surface area contributed by atoms with E-state index in [0.717, 1.165) is 19.4 Å². The molecule has 2 heterocycles. The maximum atomic E-state index is 12.3. The fraction of sp³-hybridized carbons (Fsp3) is 0.643. The van der Waals surface area contributed by atoms with Gasteiger partial charge in [-0.3, -0.25) is 4.79 Å². The highest BCUT2D eigenvalue weighted by molar-refractivity contribution is 5.80. The van der Waals surface area contributed by atoms with E-state index in [1.54, 1.807) is 18.5 Å². The van der Waals surface area contributed by atoms with Crippen molar-refractivity contribution >= 4 is 11.9 Å². The number of piperidine rings is 1. The van der Waals surface area contributed by atoms with Crippen LogP contribution in [0.25, 0.3) is 0 Å². The molecule has 1 atom stereocenters. The Morgan fingerprint density at radius 2 is 2.20 bits per heavy atom. The van der Waals surface area contributed by atoms with Gasteiger partial charge in [-0.25, -0.2) is 9.97 Å². The lowest BCUT2D eigenvalue weighted by Gasteiger charge is -2.34. The molecule has 0 spiro atoms. The number of hydrogen-bond acceptors (Lipinski definition) is 5. The van der Waals surface area contributed by atoms with Gasteiger partial charge in [0.05, 0.1) is 18.1 Å². The zero-order chi connectivity index (χ0) is 14.6. The number of aromatic nitrogens is 2. The summed E-state index contributed by atoms with van der Waals surface area (Å²) in [5, 5.41) is 12.1. The highest BCUT2D eigenvalue weighted by Gasteiger charge is 2.30. The van der Waals surface area contributed by atoms with Crippen LogP contribution in [0.4, 0.5) is 5.95 Å². The quantitative estimate of drug-likeness (QED) is 0.842. The standard InChI is InChI=1S/C14H22N4O2/c1-14(2,10-19)17-12(20)11-5-3-8-18(9-11)13-15-6-4-7-16-13/h4,6-7,11,19H,3,5,8-10H2,1-2H3,(H,17,20)/t11-/m1/s1. The second-order valence-electron chi connectivity index (χ2n) is 5.87. The highest BCUT2D eigenvalue weighted by Crippen LogP contribution is 2.20. The number of aliphatic hydroxyl groups excluding tert-OH is 1. The van der Waals surface area contributed by atoms with E-state index in [-0.39, 0.29) is 18.4 Å². The SMILES string of the molecule is CC(C)(CO)NC(=O)[C@@H]1CCCN(c2ncccn2)C1. The number of amides is 1. The first-order valence-electron chi connectivity index (χ1n) is 6.97. The molecular weight excluding hydrogens is 256 g/mol. The molecule has 6 nitrogen and oxygen atoms in total. The van der Waals surface area contributed by atoms with Gasteiger partial charge in [-0.2, -0.15) is 0 Å². The monoisotopic (exact) mass is 278 g/mol. The van der Waals surface area contributed by atoms with Crippen molar-refractivity contribution < 1.29 is 9.90 Å². The van der Waals surface area contributed by atoms with Gasteiger partial charge in [0, 0.05) is 25.5 Å². The molecule has 0 aromatic carbocycles. The number of anilines is 1. The zero-order valence-corrected chi connectivity index (χ0v) is 12.0. The van der Waals surface area contributed by atoms with Crippen molar-refractivity contribution in [3.05, 3.63) is 18.5 Å². The average molecular weight is 278 g/mol. The molecule has 0 radical (unpaired) electrons. The lowest BCUT2D eigenvalue weighted by molar-refractivity contribution is -0.127. The second-order valence-corrected chi connectivity index (χ2v) is 5.87. The van der Waals surface area contributed by atoms with Crippen LogP contribution in [0.1, 0.15) is 26.7 Å². The van der Waals surface area contributed by atoms with Crippen molar-refractivity contribution in [2.75, 3.05) is 24.6 Å². The van der Waals surface area contributed by atoms with Crippen molar-refractivity contribution in [1.82, 2.24) is 15.3 Å². The number of carbonyl (C=O) groups excluding carboxylic acids is 1. The van der Waals surface area contributed by atoms with Crippen LogP contribution in [0.3, 0.4) is 0 Å². The smallest absolute Gasteiger partial charge is 0.225 e. The summed E-state index contributed by atoms with van der Waals surface area (Å²) in [6.07, 6.45) is 5.22. The lowest BCUT2D eigenvalue weighted by Crippen LogP contribution is -2.51. The van der Waals surface area contributed by atoms with E-state index in [1.807, 2.05) is 18.7 Å². The minimum atomic E-state index is -0.581. The highest BCUT2D eigenvalue weighted by atomic mass is 16.3. The summed E-state index contributed by atoms with van der Waals surface area (Å²) >= 11 is 0. The van der Waals surface area contributed by atoms with Crippen LogP contribution in [0, 0.1) is 5.92 Å². The van der Waals surface area contributed by atoms with E-state index < -0.39 is 5.54 Å². The van der Waals surface area contributed by atoms with E-state index in [1.165, 1.54) is 0 Å². The van der Waals surface area contributed by atoms with Gasteiger partial charge in [0.2, 0.25) is 11.9 Å². The predicted molar refractivity (Wildman–Crippen MR) is 76.3 cm³/mol. The number of nitrogens with zero attached hydrogens (tertiary/aromatic N) is 3. The summed E-state index contributed by atoms with van der Waals surface area (Å²) < 4.78 is 0. The molecule has 1 aromatic rings. The summed E-state index contributed by atoms with van der Waals surface area (Å²) in [5.41, 5.74) is -0.581. The number of carbonyl (C=O) groups is 1. The van der Waals surface area contributed by atoms with Crippen LogP contribution in [0.2, 0.25) is 0 Å². The molecule has 0 aliphatic carbocycles. The molecule has 2 rings (SSSR count). The molecule has 1 aromatic heterocycles. The van der Waals surface area contributed by atoms with E-state index in [9.17, 15) is 9.90 Å². The van der Waals surface area contributed by atoms with Gasteiger partial charge in [-0.1, -0.05) is 0 Å². The molecule has 2 N–H and O–H groups in total. The van der Waals surface area contributed by atoms with Gasteiger partial charge >= 0.3 is 0 Å². The maximum absolute atomic E-state index is 12.3. The molecule has 1 aliphatic rings. The van der Waals surface area contributed by atoms with Crippen LogP contribution in [0.15, 0.2) is 18.5 Å². The molecule has 0 unspecified atom stereocenters. The van der Waals surface area contributed by atoms with E-state index in [0.29, 0.717) is 12.5 Å². The van der Waals surface area contributed by atoms with E-state index in [4.69, 9.17) is 0 Å². The second kappa shape index (κ2) is 6.17. The molecule has 0 bridgehead atoms. The van der Waals surface area contributed by atoms with E-state index >= 15 is 0 Å². The van der Waals surface area contributed by atoms with Crippen LogP contribution >= 0.6 is 0 Å². The first-order valence-corrected chi connectivity index (χ1v) is 6.97. The summed E-state index contributed by atoms with van der Waals surface area (Å²) in [6, 6.07) is 1.78. The normalized spacial score (nSPS) is 19.8. The minimum Gasteiger partial charge on any atom is -0.394 e. The number of nitrogens with one attached hydrogen (secondary N) is 1. The minimum absolute atomic E-state index is 0.00955. The molecule has 110 valence electrons. The van der Waals surface area contributed by atoms with Gasteiger partial charge in [0.15, 0.2) is 0 Å². The van der Waals surface area contributed by atoms with Crippen molar-refractivity contribution in [1.29, 1.82) is 0 Å². The Hall–Kier alpha value is -1.69. The van der Waals surface area contributed by atoms with Gasteiger partial charge in [0.25, 0.3) is 0 Å². The summed E-state index contributed by atoms with van der Waals surface area (Å²) in [5.74, 6) is 0.578. The van der Waals surface area contributed by atoms with Crippen LogP contribution in [0.5, 0.6) is 0 Å². The number of aliphatic hydroxyl groups is 1. The van der Waals surface area contributed by atoms with Gasteiger partial charge in [-0.15, -0.1) is 0 Å². The first-order chi connectivity index (χ1) is 9.52. The van der Waals surface area contributed by atoms with Crippen molar-refractivity contribution in [2.45, 2.75) is 32.2 Å². The van der Waals surface area contributed by atoms with Gasteiger partial charge in [-0.05, 0) is 32.8 Å². The molecule has 1 saturated heterocycles. The molecule has 1 fully saturated rings. The van der Waals surface area contributed by atoms with Crippen molar-refractivity contribution in [3.63, 3.8) is 0 Å².